The van der Waals surface area contributed by atoms with Crippen molar-refractivity contribution in [2.24, 2.45) is 0 Å². The molecule has 1 fully saturated rings. The van der Waals surface area contributed by atoms with Crippen molar-refractivity contribution in [3.8, 4) is 0 Å². The van der Waals surface area contributed by atoms with Gasteiger partial charge in [-0.3, -0.25) is 0 Å². The third-order valence-electron chi connectivity index (χ3n) is 1.92. The second-order valence-electron chi connectivity index (χ2n) is 2.80. The fourth-order valence-electron chi connectivity index (χ4n) is 1.22. The number of thiophene rings is 1. The highest BCUT2D eigenvalue weighted by Gasteiger charge is 2.18. The third-order valence-corrected chi connectivity index (χ3v) is 2.69. The lowest BCUT2D eigenvalue weighted by molar-refractivity contribution is -0.134. The maximum absolute atomic E-state index is 11.1. The summed E-state index contributed by atoms with van der Waals surface area (Å²) >= 11 is 1.47. The highest BCUT2D eigenvalue weighted by Crippen LogP contribution is 2.24. The fourth-order valence-corrected chi connectivity index (χ4v) is 1.84. The van der Waals surface area contributed by atoms with Crippen LogP contribution in [0.15, 0.2) is 17.0 Å². The number of carbonyl (C=O) groups is 1. The van der Waals surface area contributed by atoms with Gasteiger partial charge >= 0.3 is 5.97 Å². The summed E-state index contributed by atoms with van der Waals surface area (Å²) in [5.74, 6) is -0.217. The number of cyclic esters (lactones) is 1. The molecule has 0 spiro atoms. The third kappa shape index (κ3) is 1.58. The molecule has 2 heterocycles. The number of hydrogen-bond donors (Lipinski definition) is 1. The molecule has 0 aromatic carbocycles. The zero-order valence-electron chi connectivity index (χ0n) is 6.95. The van der Waals surface area contributed by atoms with Crippen LogP contribution in [0, 0.1) is 0 Å². The summed E-state index contributed by atoms with van der Waals surface area (Å²) in [5, 5.41) is 2.65. The number of nitrogen functional groups attached to an aromatic ring is 1. The van der Waals surface area contributed by atoms with Crippen LogP contribution in [0.5, 0.6) is 0 Å². The molecule has 1 aromatic rings. The van der Waals surface area contributed by atoms with Crippen molar-refractivity contribution in [1.29, 1.82) is 0 Å². The molecule has 0 unspecified atom stereocenters. The van der Waals surface area contributed by atoms with E-state index < -0.39 is 0 Å². The minimum Gasteiger partial charge on any atom is -0.462 e. The maximum atomic E-state index is 11.1. The molecule has 0 saturated carbocycles. The molecule has 1 aliphatic rings. The van der Waals surface area contributed by atoms with Crippen LogP contribution in [-0.2, 0) is 9.53 Å². The van der Waals surface area contributed by atoms with E-state index in [1.807, 2.05) is 11.4 Å². The summed E-state index contributed by atoms with van der Waals surface area (Å²) in [6, 6.07) is 1.90. The van der Waals surface area contributed by atoms with Crippen molar-refractivity contribution in [2.75, 3.05) is 12.3 Å². The van der Waals surface area contributed by atoms with Gasteiger partial charge in [0.1, 0.15) is 0 Å². The molecule has 0 radical (unpaired) electrons. The van der Waals surface area contributed by atoms with Gasteiger partial charge in [-0.05, 0) is 17.5 Å². The number of rotatable bonds is 1. The van der Waals surface area contributed by atoms with Crippen LogP contribution in [0.4, 0.5) is 5.00 Å². The van der Waals surface area contributed by atoms with Gasteiger partial charge in [0.15, 0.2) is 0 Å². The zero-order valence-corrected chi connectivity index (χ0v) is 7.76. The Hall–Kier alpha value is -1.29. The van der Waals surface area contributed by atoms with Crippen LogP contribution in [-0.4, -0.2) is 12.6 Å². The molecule has 1 saturated heterocycles. The standard InChI is InChI=1S/C9H9NO2S/c10-8-6(2-4-13-8)5-7-1-3-12-9(7)11/h2,4-5H,1,3,10H2/b7-5-. The van der Waals surface area contributed by atoms with Gasteiger partial charge in [-0.1, -0.05) is 0 Å². The van der Waals surface area contributed by atoms with E-state index in [2.05, 4.69) is 0 Å². The Morgan fingerprint density at radius 2 is 2.46 bits per heavy atom. The maximum Gasteiger partial charge on any atom is 0.334 e. The first-order valence-electron chi connectivity index (χ1n) is 3.98. The molecular weight excluding hydrogens is 186 g/mol. The smallest absolute Gasteiger partial charge is 0.334 e. The van der Waals surface area contributed by atoms with Gasteiger partial charge in [0.25, 0.3) is 0 Å². The molecule has 0 aliphatic carbocycles. The number of carbonyl (C=O) groups excluding carboxylic acids is 1. The van der Waals surface area contributed by atoms with E-state index >= 15 is 0 Å². The Kier molecular flexibility index (Phi) is 2.06. The van der Waals surface area contributed by atoms with Gasteiger partial charge in [-0.25, -0.2) is 4.79 Å². The predicted octanol–water partition coefficient (Wildman–Crippen LogP) is 1.66. The minimum atomic E-state index is -0.217. The normalized spacial score (nSPS) is 19.4. The fraction of sp³-hybridized carbons (Fsp3) is 0.222. The van der Waals surface area contributed by atoms with Gasteiger partial charge in [-0.15, -0.1) is 11.3 Å². The van der Waals surface area contributed by atoms with Crippen LogP contribution < -0.4 is 5.73 Å². The van der Waals surface area contributed by atoms with E-state index in [1.54, 1.807) is 6.08 Å². The quantitative estimate of drug-likeness (QED) is 0.547. The summed E-state index contributed by atoms with van der Waals surface area (Å²) in [6.07, 6.45) is 2.50. The summed E-state index contributed by atoms with van der Waals surface area (Å²) in [7, 11) is 0. The minimum absolute atomic E-state index is 0.217. The Balaban J connectivity index is 2.29. The number of nitrogens with two attached hydrogens (primary N) is 1. The van der Waals surface area contributed by atoms with Crippen LogP contribution in [0.1, 0.15) is 12.0 Å². The van der Waals surface area contributed by atoms with Crippen molar-refractivity contribution in [2.45, 2.75) is 6.42 Å². The van der Waals surface area contributed by atoms with Crippen LogP contribution in [0.25, 0.3) is 6.08 Å². The lowest BCUT2D eigenvalue weighted by Crippen LogP contribution is -1.94. The number of hydrogen-bond acceptors (Lipinski definition) is 4. The Morgan fingerprint density at radius 1 is 1.62 bits per heavy atom. The average molecular weight is 195 g/mol. The molecule has 2 N–H and O–H groups in total. The molecule has 0 bridgehead atoms. The number of esters is 1. The summed E-state index contributed by atoms with van der Waals surface area (Å²) in [4.78, 5) is 11.1. The topological polar surface area (TPSA) is 52.3 Å². The highest BCUT2D eigenvalue weighted by atomic mass is 32.1. The van der Waals surface area contributed by atoms with Gasteiger partial charge in [0, 0.05) is 17.6 Å². The zero-order chi connectivity index (χ0) is 9.26. The van der Waals surface area contributed by atoms with E-state index in [1.165, 1.54) is 11.3 Å². The lowest BCUT2D eigenvalue weighted by Gasteiger charge is -1.92. The van der Waals surface area contributed by atoms with Crippen LogP contribution >= 0.6 is 11.3 Å². The second-order valence-corrected chi connectivity index (χ2v) is 3.74. The molecule has 68 valence electrons. The molecular formula is C9H9NO2S. The van der Waals surface area contributed by atoms with Crippen molar-refractivity contribution >= 4 is 28.4 Å². The Morgan fingerprint density at radius 3 is 3.00 bits per heavy atom. The number of ether oxygens (including phenoxy) is 1. The van der Waals surface area contributed by atoms with E-state index in [4.69, 9.17) is 10.5 Å². The molecule has 0 amide bonds. The first-order chi connectivity index (χ1) is 6.27. The molecule has 1 aromatic heterocycles. The average Bonchev–Trinajstić information content (AvgIpc) is 2.65. The molecule has 1 aliphatic heterocycles. The first-order valence-corrected chi connectivity index (χ1v) is 4.86. The molecule has 4 heteroatoms. The number of anilines is 1. The highest BCUT2D eigenvalue weighted by molar-refractivity contribution is 7.14. The predicted molar refractivity (Wildman–Crippen MR) is 52.3 cm³/mol. The van der Waals surface area contributed by atoms with Crippen molar-refractivity contribution in [3.05, 3.63) is 22.6 Å². The van der Waals surface area contributed by atoms with E-state index in [0.29, 0.717) is 18.6 Å². The van der Waals surface area contributed by atoms with Gasteiger partial charge in [0.05, 0.1) is 11.6 Å². The van der Waals surface area contributed by atoms with Gasteiger partial charge in [0.2, 0.25) is 0 Å². The largest absolute Gasteiger partial charge is 0.462 e. The first kappa shape index (κ1) is 8.31. The van der Waals surface area contributed by atoms with Crippen molar-refractivity contribution < 1.29 is 9.53 Å². The summed E-state index contributed by atoms with van der Waals surface area (Å²) in [6.45, 7) is 0.495. The summed E-state index contributed by atoms with van der Waals surface area (Å²) < 4.78 is 4.81. The molecule has 2 rings (SSSR count). The Labute approximate surface area is 79.8 Å². The SMILES string of the molecule is Nc1sccc1/C=C1/CCOC1=O. The van der Waals surface area contributed by atoms with Gasteiger partial charge in [-0.2, -0.15) is 0 Å². The monoisotopic (exact) mass is 195 g/mol. The van der Waals surface area contributed by atoms with Gasteiger partial charge < -0.3 is 10.5 Å². The van der Waals surface area contributed by atoms with Crippen molar-refractivity contribution in [1.82, 2.24) is 0 Å². The lowest BCUT2D eigenvalue weighted by atomic mass is 10.1. The van der Waals surface area contributed by atoms with Crippen molar-refractivity contribution in [3.63, 3.8) is 0 Å². The Bertz CT molecular complexity index is 367. The van der Waals surface area contributed by atoms with E-state index in [9.17, 15) is 4.79 Å². The molecule has 0 atom stereocenters. The van der Waals surface area contributed by atoms with Crippen LogP contribution in [0.2, 0.25) is 0 Å². The van der Waals surface area contributed by atoms with E-state index in [-0.39, 0.29) is 5.97 Å². The molecule has 13 heavy (non-hydrogen) atoms. The molecule has 3 nitrogen and oxygen atoms in total. The van der Waals surface area contributed by atoms with Crippen LogP contribution in [0.3, 0.4) is 0 Å². The van der Waals surface area contributed by atoms with E-state index in [0.717, 1.165) is 10.6 Å². The summed E-state index contributed by atoms with van der Waals surface area (Å²) in [5.41, 5.74) is 7.31. The second kappa shape index (κ2) is 3.22.